The third-order valence-corrected chi connectivity index (χ3v) is 4.71. The molecule has 0 radical (unpaired) electrons. The maximum Gasteiger partial charge on any atom is 0.229 e. The molecule has 1 aromatic carbocycles. The standard InChI is InChI=1S/C19H19N3OS/c1-13-5-3-7-17(14(13)2)22-18-9-8-15(12-20-18)21-19(23)11-16-6-4-10-24-16/h3-10,12H,11H2,1-2H3,(H,20,22)(H,21,23). The molecule has 2 N–H and O–H groups in total. The maximum absolute atomic E-state index is 12.0. The van der Waals surface area contributed by atoms with Crippen LogP contribution >= 0.6 is 11.3 Å². The average Bonchev–Trinajstić information content (AvgIpc) is 3.06. The van der Waals surface area contributed by atoms with Crippen LogP contribution in [0.4, 0.5) is 17.2 Å². The predicted octanol–water partition coefficient (Wildman–Crippen LogP) is 4.68. The second-order valence-corrected chi connectivity index (χ2v) is 6.64. The van der Waals surface area contributed by atoms with E-state index >= 15 is 0 Å². The smallest absolute Gasteiger partial charge is 0.229 e. The zero-order valence-corrected chi connectivity index (χ0v) is 14.5. The number of anilines is 3. The third kappa shape index (κ3) is 4.00. The topological polar surface area (TPSA) is 54.0 Å². The summed E-state index contributed by atoms with van der Waals surface area (Å²) in [5.74, 6) is 0.717. The highest BCUT2D eigenvalue weighted by Crippen LogP contribution is 2.22. The van der Waals surface area contributed by atoms with Gasteiger partial charge in [-0.15, -0.1) is 11.3 Å². The van der Waals surface area contributed by atoms with Crippen LogP contribution in [0.1, 0.15) is 16.0 Å². The quantitative estimate of drug-likeness (QED) is 0.710. The largest absolute Gasteiger partial charge is 0.340 e. The maximum atomic E-state index is 12.0. The van der Waals surface area contributed by atoms with E-state index in [0.717, 1.165) is 16.4 Å². The van der Waals surface area contributed by atoms with Gasteiger partial charge in [-0.2, -0.15) is 0 Å². The third-order valence-electron chi connectivity index (χ3n) is 3.83. The van der Waals surface area contributed by atoms with Gasteiger partial charge in [0.05, 0.1) is 18.3 Å². The minimum Gasteiger partial charge on any atom is -0.340 e. The van der Waals surface area contributed by atoms with Crippen LogP contribution in [-0.4, -0.2) is 10.9 Å². The molecule has 0 bridgehead atoms. The molecule has 5 heteroatoms. The van der Waals surface area contributed by atoms with E-state index in [0.29, 0.717) is 12.1 Å². The van der Waals surface area contributed by atoms with Crippen LogP contribution in [0.15, 0.2) is 54.0 Å². The molecule has 0 aliphatic rings. The first-order chi connectivity index (χ1) is 11.6. The summed E-state index contributed by atoms with van der Waals surface area (Å²) in [6.07, 6.45) is 2.06. The minimum absolute atomic E-state index is 0.0329. The van der Waals surface area contributed by atoms with Crippen molar-refractivity contribution in [2.75, 3.05) is 10.6 Å². The molecule has 0 spiro atoms. The summed E-state index contributed by atoms with van der Waals surface area (Å²) in [4.78, 5) is 17.4. The number of hydrogen-bond donors (Lipinski definition) is 2. The van der Waals surface area contributed by atoms with Gasteiger partial charge in [0, 0.05) is 10.6 Å². The highest BCUT2D eigenvalue weighted by Gasteiger charge is 2.06. The molecule has 3 aromatic rings. The Kier molecular flexibility index (Phi) is 4.91. The molecule has 1 amide bonds. The first-order valence-electron chi connectivity index (χ1n) is 7.73. The monoisotopic (exact) mass is 337 g/mol. The predicted molar refractivity (Wildman–Crippen MR) is 100 cm³/mol. The first-order valence-corrected chi connectivity index (χ1v) is 8.61. The van der Waals surface area contributed by atoms with E-state index in [2.05, 4.69) is 35.5 Å². The van der Waals surface area contributed by atoms with E-state index in [1.54, 1.807) is 17.5 Å². The fraction of sp³-hybridized carbons (Fsp3) is 0.158. The van der Waals surface area contributed by atoms with Gasteiger partial charge in [-0.1, -0.05) is 18.2 Å². The number of hydrogen-bond acceptors (Lipinski definition) is 4. The van der Waals surface area contributed by atoms with Gasteiger partial charge in [0.25, 0.3) is 0 Å². The fourth-order valence-electron chi connectivity index (χ4n) is 2.34. The van der Waals surface area contributed by atoms with E-state index < -0.39 is 0 Å². The Hall–Kier alpha value is -2.66. The van der Waals surface area contributed by atoms with Crippen LogP contribution in [0.5, 0.6) is 0 Å². The number of nitrogens with one attached hydrogen (secondary N) is 2. The van der Waals surface area contributed by atoms with Gasteiger partial charge in [0.15, 0.2) is 0 Å². The van der Waals surface area contributed by atoms with Crippen molar-refractivity contribution in [3.05, 3.63) is 70.0 Å². The number of benzene rings is 1. The van der Waals surface area contributed by atoms with Crippen LogP contribution < -0.4 is 10.6 Å². The number of amides is 1. The van der Waals surface area contributed by atoms with Gasteiger partial charge in [0.1, 0.15) is 5.82 Å². The summed E-state index contributed by atoms with van der Waals surface area (Å²) in [6.45, 7) is 4.16. The van der Waals surface area contributed by atoms with Gasteiger partial charge < -0.3 is 10.6 Å². The number of pyridine rings is 1. The molecule has 122 valence electrons. The van der Waals surface area contributed by atoms with Crippen molar-refractivity contribution in [1.82, 2.24) is 4.98 Å². The van der Waals surface area contributed by atoms with Gasteiger partial charge in [-0.3, -0.25) is 4.79 Å². The lowest BCUT2D eigenvalue weighted by Gasteiger charge is -2.11. The molecular formula is C19H19N3OS. The van der Waals surface area contributed by atoms with E-state index in [9.17, 15) is 4.79 Å². The highest BCUT2D eigenvalue weighted by atomic mass is 32.1. The molecule has 0 aliphatic carbocycles. The molecular weight excluding hydrogens is 318 g/mol. The van der Waals surface area contributed by atoms with Crippen LogP contribution in [0, 0.1) is 13.8 Å². The molecule has 4 nitrogen and oxygen atoms in total. The fourth-order valence-corrected chi connectivity index (χ4v) is 3.05. The molecule has 0 aliphatic heterocycles. The summed E-state index contributed by atoms with van der Waals surface area (Å²) in [5.41, 5.74) is 4.17. The molecule has 2 aromatic heterocycles. The molecule has 2 heterocycles. The summed E-state index contributed by atoms with van der Waals surface area (Å²) in [6, 6.07) is 13.8. The molecule has 0 fully saturated rings. The Morgan fingerprint density at radius 1 is 1.12 bits per heavy atom. The van der Waals surface area contributed by atoms with Crippen LogP contribution in [0.2, 0.25) is 0 Å². The van der Waals surface area contributed by atoms with Crippen LogP contribution in [-0.2, 0) is 11.2 Å². The van der Waals surface area contributed by atoms with E-state index in [1.807, 2.05) is 41.8 Å². The van der Waals surface area contributed by atoms with Gasteiger partial charge in [0.2, 0.25) is 5.91 Å². The van der Waals surface area contributed by atoms with Crippen molar-refractivity contribution < 1.29 is 4.79 Å². The second kappa shape index (κ2) is 7.27. The number of thiophene rings is 1. The molecule has 0 saturated heterocycles. The average molecular weight is 337 g/mol. The molecule has 0 saturated carbocycles. The summed E-state index contributed by atoms with van der Waals surface area (Å²) < 4.78 is 0. The normalized spacial score (nSPS) is 10.4. The van der Waals surface area contributed by atoms with Crippen molar-refractivity contribution in [1.29, 1.82) is 0 Å². The molecule has 0 atom stereocenters. The lowest BCUT2D eigenvalue weighted by atomic mass is 10.1. The Balaban J connectivity index is 1.63. The van der Waals surface area contributed by atoms with E-state index in [1.165, 1.54) is 11.1 Å². The Bertz CT molecular complexity index is 826. The highest BCUT2D eigenvalue weighted by molar-refractivity contribution is 7.10. The molecule has 24 heavy (non-hydrogen) atoms. The Morgan fingerprint density at radius 3 is 2.71 bits per heavy atom. The van der Waals surface area contributed by atoms with Crippen molar-refractivity contribution in [2.24, 2.45) is 0 Å². The van der Waals surface area contributed by atoms with Crippen LogP contribution in [0.25, 0.3) is 0 Å². The number of carbonyl (C=O) groups excluding carboxylic acids is 1. The SMILES string of the molecule is Cc1cccc(Nc2ccc(NC(=O)Cc3cccs3)cn2)c1C. The number of aromatic nitrogens is 1. The van der Waals surface area contributed by atoms with Gasteiger partial charge in [-0.25, -0.2) is 4.98 Å². The minimum atomic E-state index is -0.0329. The summed E-state index contributed by atoms with van der Waals surface area (Å²) >= 11 is 1.58. The second-order valence-electron chi connectivity index (χ2n) is 5.61. The van der Waals surface area contributed by atoms with Crippen molar-refractivity contribution in [3.8, 4) is 0 Å². The van der Waals surface area contributed by atoms with E-state index in [-0.39, 0.29) is 5.91 Å². The van der Waals surface area contributed by atoms with Crippen molar-refractivity contribution >= 4 is 34.4 Å². The van der Waals surface area contributed by atoms with E-state index in [4.69, 9.17) is 0 Å². The zero-order valence-electron chi connectivity index (χ0n) is 13.7. The number of nitrogens with zero attached hydrogens (tertiary/aromatic N) is 1. The summed E-state index contributed by atoms with van der Waals surface area (Å²) in [5, 5.41) is 8.15. The number of aryl methyl sites for hydroxylation is 1. The van der Waals surface area contributed by atoms with Crippen molar-refractivity contribution in [2.45, 2.75) is 20.3 Å². The lowest BCUT2D eigenvalue weighted by Crippen LogP contribution is -2.13. The van der Waals surface area contributed by atoms with Gasteiger partial charge in [-0.05, 0) is 54.6 Å². The summed E-state index contributed by atoms with van der Waals surface area (Å²) in [7, 11) is 0. The molecule has 0 unspecified atom stereocenters. The lowest BCUT2D eigenvalue weighted by molar-refractivity contribution is -0.115. The number of carbonyl (C=O) groups is 1. The molecule has 3 rings (SSSR count). The van der Waals surface area contributed by atoms with Crippen molar-refractivity contribution in [3.63, 3.8) is 0 Å². The first kappa shape index (κ1) is 16.2. The van der Waals surface area contributed by atoms with Crippen LogP contribution in [0.3, 0.4) is 0 Å². The van der Waals surface area contributed by atoms with Gasteiger partial charge >= 0.3 is 0 Å². The zero-order chi connectivity index (χ0) is 16.9. The number of rotatable bonds is 5. The Morgan fingerprint density at radius 2 is 2.00 bits per heavy atom. The Labute approximate surface area is 145 Å².